The summed E-state index contributed by atoms with van der Waals surface area (Å²) >= 11 is 0. The van der Waals surface area contributed by atoms with E-state index in [-0.39, 0.29) is 17.9 Å². The summed E-state index contributed by atoms with van der Waals surface area (Å²) in [7, 11) is -2.57. The molecule has 0 spiro atoms. The molecule has 0 saturated carbocycles. The number of fused-ring (bicyclic) bond motifs is 1. The molecule has 0 aliphatic carbocycles. The standard InChI is InChI=1S/C26H25FN2O4S/c1-17-8-4-6-10-23(17)28-34(31,32)25-11-7-5-9-19(25)14-21-18(2)29(16-26(30)33-3)24-13-12-20(27)15-22(21)24/h4-13,15,28H,14,16H2,1-3H3. The van der Waals surface area contributed by atoms with Gasteiger partial charge in [-0.25, -0.2) is 12.8 Å². The summed E-state index contributed by atoms with van der Waals surface area (Å²) in [6.45, 7) is 3.63. The highest BCUT2D eigenvalue weighted by molar-refractivity contribution is 7.92. The predicted molar refractivity (Wildman–Crippen MR) is 130 cm³/mol. The van der Waals surface area contributed by atoms with E-state index < -0.39 is 21.8 Å². The van der Waals surface area contributed by atoms with Gasteiger partial charge in [-0.15, -0.1) is 0 Å². The lowest BCUT2D eigenvalue weighted by molar-refractivity contribution is -0.141. The highest BCUT2D eigenvalue weighted by Gasteiger charge is 2.22. The Labute approximate surface area is 198 Å². The molecule has 0 radical (unpaired) electrons. The number of hydrogen-bond acceptors (Lipinski definition) is 4. The topological polar surface area (TPSA) is 77.4 Å². The zero-order chi connectivity index (χ0) is 24.5. The van der Waals surface area contributed by atoms with Crippen molar-refractivity contribution in [2.75, 3.05) is 11.8 Å². The van der Waals surface area contributed by atoms with E-state index in [1.54, 1.807) is 47.0 Å². The number of nitrogens with one attached hydrogen (secondary N) is 1. The van der Waals surface area contributed by atoms with Gasteiger partial charge < -0.3 is 9.30 Å². The summed E-state index contributed by atoms with van der Waals surface area (Å²) in [6, 6.07) is 18.3. The third kappa shape index (κ3) is 4.54. The molecule has 1 heterocycles. The minimum Gasteiger partial charge on any atom is -0.468 e. The van der Waals surface area contributed by atoms with Crippen LogP contribution in [0.2, 0.25) is 0 Å². The number of aryl methyl sites for hydroxylation is 1. The molecule has 8 heteroatoms. The first kappa shape index (κ1) is 23.5. The molecule has 0 aliphatic rings. The first-order valence-electron chi connectivity index (χ1n) is 10.7. The summed E-state index contributed by atoms with van der Waals surface area (Å²) < 4.78 is 50.1. The monoisotopic (exact) mass is 480 g/mol. The quantitative estimate of drug-likeness (QED) is 0.379. The fraction of sp³-hybridized carbons (Fsp3) is 0.192. The highest BCUT2D eigenvalue weighted by Crippen LogP contribution is 2.31. The van der Waals surface area contributed by atoms with Crippen LogP contribution in [0.4, 0.5) is 10.1 Å². The second-order valence-electron chi connectivity index (χ2n) is 8.09. The predicted octanol–water partition coefficient (Wildman–Crippen LogP) is 4.96. The van der Waals surface area contributed by atoms with Gasteiger partial charge in [0.1, 0.15) is 12.4 Å². The zero-order valence-corrected chi connectivity index (χ0v) is 19.9. The van der Waals surface area contributed by atoms with Crippen LogP contribution < -0.4 is 4.72 Å². The number of para-hydroxylation sites is 1. The van der Waals surface area contributed by atoms with Crippen molar-refractivity contribution in [2.24, 2.45) is 0 Å². The van der Waals surface area contributed by atoms with Gasteiger partial charge >= 0.3 is 5.97 Å². The minimum atomic E-state index is -3.88. The van der Waals surface area contributed by atoms with Crippen molar-refractivity contribution in [1.29, 1.82) is 0 Å². The van der Waals surface area contributed by atoms with Gasteiger partial charge in [0.25, 0.3) is 10.0 Å². The molecule has 0 atom stereocenters. The van der Waals surface area contributed by atoms with Gasteiger partial charge in [0, 0.05) is 23.0 Å². The molecule has 4 rings (SSSR count). The SMILES string of the molecule is COC(=O)Cn1c(C)c(Cc2ccccc2S(=O)(=O)Nc2ccccc2C)c2cc(F)ccc21. The van der Waals surface area contributed by atoms with E-state index in [4.69, 9.17) is 4.74 Å². The first-order valence-corrected chi connectivity index (χ1v) is 12.2. The Morgan fingerprint density at radius 3 is 2.47 bits per heavy atom. The van der Waals surface area contributed by atoms with Gasteiger partial charge in [0.05, 0.1) is 17.7 Å². The second kappa shape index (κ2) is 9.30. The van der Waals surface area contributed by atoms with Crippen molar-refractivity contribution in [3.8, 4) is 0 Å². The Hall–Kier alpha value is -3.65. The van der Waals surface area contributed by atoms with Crippen molar-refractivity contribution in [2.45, 2.75) is 31.7 Å². The molecule has 0 unspecified atom stereocenters. The van der Waals surface area contributed by atoms with E-state index >= 15 is 0 Å². The average molecular weight is 481 g/mol. The largest absolute Gasteiger partial charge is 0.468 e. The van der Waals surface area contributed by atoms with Crippen molar-refractivity contribution in [1.82, 2.24) is 4.57 Å². The number of benzene rings is 3. The number of rotatable bonds is 7. The van der Waals surface area contributed by atoms with Gasteiger partial charge in [-0.1, -0.05) is 36.4 Å². The lowest BCUT2D eigenvalue weighted by Crippen LogP contribution is -2.16. The fourth-order valence-electron chi connectivity index (χ4n) is 4.13. The number of ether oxygens (including phenoxy) is 1. The van der Waals surface area contributed by atoms with E-state index in [0.717, 1.165) is 16.8 Å². The molecular weight excluding hydrogens is 455 g/mol. The zero-order valence-electron chi connectivity index (χ0n) is 19.1. The number of hydrogen-bond donors (Lipinski definition) is 1. The summed E-state index contributed by atoms with van der Waals surface area (Å²) in [5.74, 6) is -0.840. The third-order valence-electron chi connectivity index (χ3n) is 5.95. The van der Waals surface area contributed by atoms with Crippen LogP contribution in [0, 0.1) is 19.7 Å². The van der Waals surface area contributed by atoms with Gasteiger partial charge in [-0.3, -0.25) is 9.52 Å². The van der Waals surface area contributed by atoms with Crippen LogP contribution in [0.25, 0.3) is 10.9 Å². The third-order valence-corrected chi connectivity index (χ3v) is 7.42. The van der Waals surface area contributed by atoms with Gasteiger partial charge in [0.2, 0.25) is 0 Å². The summed E-state index contributed by atoms with van der Waals surface area (Å²) in [6.07, 6.45) is 0.241. The lowest BCUT2D eigenvalue weighted by Gasteiger charge is -2.14. The number of esters is 1. The fourth-order valence-corrected chi connectivity index (χ4v) is 5.51. The number of anilines is 1. The van der Waals surface area contributed by atoms with E-state index in [2.05, 4.69) is 4.72 Å². The molecule has 4 aromatic rings. The number of methoxy groups -OCH3 is 1. The number of nitrogens with zero attached hydrogens (tertiary/aromatic N) is 1. The van der Waals surface area contributed by atoms with Crippen molar-refractivity contribution in [3.63, 3.8) is 0 Å². The number of halogens is 1. The Morgan fingerprint density at radius 2 is 1.74 bits per heavy atom. The molecule has 176 valence electrons. The summed E-state index contributed by atoms with van der Waals surface area (Å²) in [4.78, 5) is 12.1. The number of carbonyl (C=O) groups excluding carboxylic acids is 1. The molecule has 0 fully saturated rings. The van der Waals surface area contributed by atoms with Gasteiger partial charge in [0.15, 0.2) is 0 Å². The van der Waals surface area contributed by atoms with Crippen LogP contribution in [-0.2, 0) is 32.5 Å². The Bertz CT molecular complexity index is 1490. The van der Waals surface area contributed by atoms with Crippen LogP contribution in [-0.4, -0.2) is 26.1 Å². The first-order chi connectivity index (χ1) is 16.2. The maximum Gasteiger partial charge on any atom is 0.325 e. The highest BCUT2D eigenvalue weighted by atomic mass is 32.2. The van der Waals surface area contributed by atoms with Crippen LogP contribution >= 0.6 is 0 Å². The lowest BCUT2D eigenvalue weighted by atomic mass is 10.0. The Morgan fingerprint density at radius 1 is 1.03 bits per heavy atom. The Balaban J connectivity index is 1.80. The van der Waals surface area contributed by atoms with Crippen LogP contribution in [0.15, 0.2) is 71.6 Å². The van der Waals surface area contributed by atoms with Crippen LogP contribution in [0.3, 0.4) is 0 Å². The molecule has 0 aliphatic heterocycles. The van der Waals surface area contributed by atoms with Crippen LogP contribution in [0.5, 0.6) is 0 Å². The van der Waals surface area contributed by atoms with E-state index in [1.165, 1.54) is 19.2 Å². The molecule has 1 N–H and O–H groups in total. The molecule has 3 aromatic carbocycles. The smallest absolute Gasteiger partial charge is 0.325 e. The number of aromatic nitrogens is 1. The van der Waals surface area contributed by atoms with Gasteiger partial charge in [-0.05, 0) is 60.9 Å². The van der Waals surface area contributed by atoms with Gasteiger partial charge in [-0.2, -0.15) is 0 Å². The maximum absolute atomic E-state index is 14.2. The number of sulfonamides is 1. The molecule has 6 nitrogen and oxygen atoms in total. The molecule has 0 bridgehead atoms. The second-order valence-corrected chi connectivity index (χ2v) is 9.74. The van der Waals surface area contributed by atoms with E-state index in [1.807, 2.05) is 26.0 Å². The summed E-state index contributed by atoms with van der Waals surface area (Å²) in [5.41, 5.74) is 4.04. The average Bonchev–Trinajstić information content (AvgIpc) is 3.05. The molecular formula is C26H25FN2O4S. The summed E-state index contributed by atoms with van der Waals surface area (Å²) in [5, 5.41) is 0.625. The molecule has 0 saturated heterocycles. The minimum absolute atomic E-state index is 0.0285. The van der Waals surface area contributed by atoms with Crippen molar-refractivity contribution < 1.29 is 22.3 Å². The van der Waals surface area contributed by atoms with E-state index in [9.17, 15) is 17.6 Å². The number of carbonyl (C=O) groups is 1. The Kier molecular flexibility index (Phi) is 6.43. The van der Waals surface area contributed by atoms with E-state index in [0.29, 0.717) is 22.2 Å². The van der Waals surface area contributed by atoms with Crippen molar-refractivity contribution in [3.05, 3.63) is 94.9 Å². The normalized spacial score (nSPS) is 11.5. The molecule has 1 aromatic heterocycles. The molecule has 0 amide bonds. The molecule has 34 heavy (non-hydrogen) atoms. The van der Waals surface area contributed by atoms with Crippen molar-refractivity contribution >= 4 is 32.6 Å². The van der Waals surface area contributed by atoms with Crippen LogP contribution in [0.1, 0.15) is 22.4 Å². The maximum atomic E-state index is 14.2.